The van der Waals surface area contributed by atoms with Crippen LogP contribution in [-0.4, -0.2) is 16.1 Å². The Morgan fingerprint density at radius 1 is 1.29 bits per heavy atom. The van der Waals surface area contributed by atoms with E-state index in [4.69, 9.17) is 0 Å². The second-order valence-electron chi connectivity index (χ2n) is 5.58. The molecule has 1 aromatic rings. The van der Waals surface area contributed by atoms with Crippen LogP contribution < -0.4 is 5.32 Å². The van der Waals surface area contributed by atoms with E-state index >= 15 is 0 Å². The maximum absolute atomic E-state index is 4.45. The number of hydrogen-bond acceptors (Lipinski definition) is 2. The number of anilines is 1. The summed E-state index contributed by atoms with van der Waals surface area (Å²) in [5, 5.41) is 3.46. The third-order valence-electron chi connectivity index (χ3n) is 3.56. The summed E-state index contributed by atoms with van der Waals surface area (Å²) in [5.41, 5.74) is 0. The smallest absolute Gasteiger partial charge is 0.203 e. The van der Waals surface area contributed by atoms with Crippen molar-refractivity contribution >= 4 is 5.95 Å². The van der Waals surface area contributed by atoms with Crippen LogP contribution >= 0.6 is 0 Å². The van der Waals surface area contributed by atoms with E-state index in [1.165, 1.54) is 38.5 Å². The number of nitrogens with one attached hydrogen (secondary N) is 1. The molecule has 0 bridgehead atoms. The predicted octanol–water partition coefficient (Wildman–Crippen LogP) is 3.85. The zero-order valence-electron chi connectivity index (χ0n) is 11.2. The molecule has 2 rings (SSSR count). The summed E-state index contributed by atoms with van der Waals surface area (Å²) < 4.78 is 2.35. The third-order valence-corrected chi connectivity index (χ3v) is 3.56. The van der Waals surface area contributed by atoms with Crippen molar-refractivity contribution in [1.29, 1.82) is 0 Å². The van der Waals surface area contributed by atoms with Crippen molar-refractivity contribution in [3.05, 3.63) is 12.4 Å². The molecule has 0 spiro atoms. The lowest BCUT2D eigenvalue weighted by Gasteiger charge is -2.19. The summed E-state index contributed by atoms with van der Waals surface area (Å²) in [5.74, 6) is 1.72. The van der Waals surface area contributed by atoms with Gasteiger partial charge < -0.3 is 9.88 Å². The monoisotopic (exact) mass is 235 g/mol. The van der Waals surface area contributed by atoms with E-state index in [2.05, 4.69) is 34.9 Å². The molecule has 0 amide bonds. The molecule has 3 heteroatoms. The second kappa shape index (κ2) is 6.08. The molecule has 0 aromatic carbocycles. The van der Waals surface area contributed by atoms with Gasteiger partial charge in [-0.25, -0.2) is 4.98 Å². The topological polar surface area (TPSA) is 29.9 Å². The zero-order chi connectivity index (χ0) is 12.1. The predicted molar refractivity (Wildman–Crippen MR) is 72.3 cm³/mol. The Balaban J connectivity index is 2.01. The molecule has 0 atom stereocenters. The lowest BCUT2D eigenvalue weighted by atomic mass is 10.1. The fourth-order valence-electron chi connectivity index (χ4n) is 2.58. The van der Waals surface area contributed by atoms with E-state index in [-0.39, 0.29) is 0 Å². The molecule has 1 heterocycles. The molecule has 3 nitrogen and oxygen atoms in total. The lowest BCUT2D eigenvalue weighted by molar-refractivity contribution is 0.446. The van der Waals surface area contributed by atoms with Gasteiger partial charge in [-0.2, -0.15) is 0 Å². The first kappa shape index (κ1) is 12.5. The highest BCUT2D eigenvalue weighted by Crippen LogP contribution is 2.29. The quantitative estimate of drug-likeness (QED) is 0.803. The highest BCUT2D eigenvalue weighted by Gasteiger charge is 2.16. The third kappa shape index (κ3) is 3.48. The highest BCUT2D eigenvalue weighted by atomic mass is 15.2. The van der Waals surface area contributed by atoms with Gasteiger partial charge in [-0.15, -0.1) is 0 Å². The molecular formula is C14H25N3. The lowest BCUT2D eigenvalue weighted by Crippen LogP contribution is -2.15. The van der Waals surface area contributed by atoms with Crippen LogP contribution in [0.1, 0.15) is 58.4 Å². The van der Waals surface area contributed by atoms with Crippen molar-refractivity contribution < 1.29 is 0 Å². The number of hydrogen-bond donors (Lipinski definition) is 1. The number of nitrogens with zero attached hydrogens (tertiary/aromatic N) is 2. The Hall–Kier alpha value is -0.990. The van der Waals surface area contributed by atoms with Gasteiger partial charge in [-0.1, -0.05) is 39.5 Å². The molecule has 1 aliphatic rings. The SMILES string of the molecule is CC(C)CNc1nccn1C1CCCCCC1. The minimum absolute atomic E-state index is 0.661. The first-order chi connectivity index (χ1) is 8.27. The van der Waals surface area contributed by atoms with Crippen LogP contribution in [0.4, 0.5) is 5.95 Å². The first-order valence-electron chi connectivity index (χ1n) is 7.04. The first-order valence-corrected chi connectivity index (χ1v) is 7.04. The number of rotatable bonds is 4. The maximum atomic E-state index is 4.45. The van der Waals surface area contributed by atoms with E-state index in [0.717, 1.165) is 12.5 Å². The molecule has 0 saturated heterocycles. The molecule has 0 aliphatic heterocycles. The average Bonchev–Trinajstić information content (AvgIpc) is 2.60. The fraction of sp³-hybridized carbons (Fsp3) is 0.786. The van der Waals surface area contributed by atoms with Crippen LogP contribution in [-0.2, 0) is 0 Å². The Morgan fingerprint density at radius 2 is 2.00 bits per heavy atom. The normalized spacial score (nSPS) is 18.3. The molecule has 1 aromatic heterocycles. The van der Waals surface area contributed by atoms with Crippen LogP contribution in [0.2, 0.25) is 0 Å². The minimum Gasteiger partial charge on any atom is -0.355 e. The Labute approximate surface area is 105 Å². The Bertz CT molecular complexity index is 322. The van der Waals surface area contributed by atoms with Gasteiger partial charge >= 0.3 is 0 Å². The molecule has 1 fully saturated rings. The van der Waals surface area contributed by atoms with Crippen molar-refractivity contribution in [1.82, 2.24) is 9.55 Å². The average molecular weight is 235 g/mol. The van der Waals surface area contributed by atoms with Gasteiger partial charge in [-0.3, -0.25) is 0 Å². The fourth-order valence-corrected chi connectivity index (χ4v) is 2.58. The molecular weight excluding hydrogens is 210 g/mol. The van der Waals surface area contributed by atoms with E-state index in [1.807, 2.05) is 6.20 Å². The van der Waals surface area contributed by atoms with Gasteiger partial charge in [0.25, 0.3) is 0 Å². The molecule has 1 aliphatic carbocycles. The van der Waals surface area contributed by atoms with E-state index in [0.29, 0.717) is 12.0 Å². The minimum atomic E-state index is 0.661. The number of aromatic nitrogens is 2. The van der Waals surface area contributed by atoms with Crippen molar-refractivity contribution in [3.8, 4) is 0 Å². The molecule has 0 radical (unpaired) electrons. The van der Waals surface area contributed by atoms with Crippen molar-refractivity contribution in [3.63, 3.8) is 0 Å². The van der Waals surface area contributed by atoms with Crippen molar-refractivity contribution in [2.75, 3.05) is 11.9 Å². The van der Waals surface area contributed by atoms with Crippen LogP contribution in [0.3, 0.4) is 0 Å². The molecule has 1 N–H and O–H groups in total. The summed E-state index contributed by atoms with van der Waals surface area (Å²) in [7, 11) is 0. The van der Waals surface area contributed by atoms with Crippen molar-refractivity contribution in [2.24, 2.45) is 5.92 Å². The van der Waals surface area contributed by atoms with Gasteiger partial charge in [0.2, 0.25) is 5.95 Å². The number of imidazole rings is 1. The molecule has 17 heavy (non-hydrogen) atoms. The second-order valence-corrected chi connectivity index (χ2v) is 5.58. The van der Waals surface area contributed by atoms with Gasteiger partial charge in [0.15, 0.2) is 0 Å². The van der Waals surface area contributed by atoms with E-state index < -0.39 is 0 Å². The van der Waals surface area contributed by atoms with Gasteiger partial charge in [0.1, 0.15) is 0 Å². The molecule has 0 unspecified atom stereocenters. The summed E-state index contributed by atoms with van der Waals surface area (Å²) in [6.07, 6.45) is 12.2. The van der Waals surface area contributed by atoms with Gasteiger partial charge in [-0.05, 0) is 18.8 Å². The van der Waals surface area contributed by atoms with E-state index in [9.17, 15) is 0 Å². The molecule has 96 valence electrons. The zero-order valence-corrected chi connectivity index (χ0v) is 11.2. The standard InChI is InChI=1S/C14H25N3/c1-12(2)11-16-14-15-9-10-17(14)13-7-5-3-4-6-8-13/h9-10,12-13H,3-8,11H2,1-2H3,(H,15,16). The maximum Gasteiger partial charge on any atom is 0.203 e. The summed E-state index contributed by atoms with van der Waals surface area (Å²) in [6.45, 7) is 5.46. The van der Waals surface area contributed by atoms with Gasteiger partial charge in [0, 0.05) is 25.0 Å². The molecule has 1 saturated carbocycles. The Kier molecular flexibility index (Phi) is 4.46. The largest absolute Gasteiger partial charge is 0.355 e. The van der Waals surface area contributed by atoms with Crippen LogP contribution in [0.5, 0.6) is 0 Å². The highest BCUT2D eigenvalue weighted by molar-refractivity contribution is 5.26. The Morgan fingerprint density at radius 3 is 2.65 bits per heavy atom. The van der Waals surface area contributed by atoms with Crippen LogP contribution in [0.25, 0.3) is 0 Å². The van der Waals surface area contributed by atoms with Gasteiger partial charge in [0.05, 0.1) is 0 Å². The van der Waals surface area contributed by atoms with Crippen molar-refractivity contribution in [2.45, 2.75) is 58.4 Å². The summed E-state index contributed by atoms with van der Waals surface area (Å²) >= 11 is 0. The summed E-state index contributed by atoms with van der Waals surface area (Å²) in [4.78, 5) is 4.45. The van der Waals surface area contributed by atoms with Crippen LogP contribution in [0, 0.1) is 5.92 Å². The van der Waals surface area contributed by atoms with Crippen LogP contribution in [0.15, 0.2) is 12.4 Å². The summed E-state index contributed by atoms with van der Waals surface area (Å²) in [6, 6.07) is 0.662. The van der Waals surface area contributed by atoms with E-state index in [1.54, 1.807) is 0 Å².